The third-order valence-electron chi connectivity index (χ3n) is 3.78. The molecule has 0 saturated heterocycles. The lowest BCUT2D eigenvalue weighted by molar-refractivity contribution is -0.122. The van der Waals surface area contributed by atoms with Gasteiger partial charge in [-0.25, -0.2) is 4.68 Å². The van der Waals surface area contributed by atoms with Crippen molar-refractivity contribution in [1.29, 1.82) is 0 Å². The van der Waals surface area contributed by atoms with Gasteiger partial charge in [0.15, 0.2) is 5.82 Å². The number of carbonyl (C=O) groups is 2. The minimum atomic E-state index is -0.319. The van der Waals surface area contributed by atoms with Gasteiger partial charge in [-0.3, -0.25) is 9.59 Å². The normalized spacial score (nSPS) is 14.1. The molecule has 1 aliphatic rings. The molecule has 2 amide bonds. The van der Waals surface area contributed by atoms with Crippen molar-refractivity contribution in [3.05, 3.63) is 34.4 Å². The molecule has 24 heavy (non-hydrogen) atoms. The number of aromatic nitrogens is 3. The Hall–Kier alpha value is -2.12. The summed E-state index contributed by atoms with van der Waals surface area (Å²) in [7, 11) is 0. The lowest BCUT2D eigenvalue weighted by atomic mass is 9.85. The largest absolute Gasteiger partial charge is 0.323 e. The van der Waals surface area contributed by atoms with Gasteiger partial charge in [-0.05, 0) is 31.0 Å². The zero-order valence-electron chi connectivity index (χ0n) is 12.6. The maximum Gasteiger partial charge on any atom is 0.246 e. The minimum absolute atomic E-state index is 0.0503. The number of nitrogens with one attached hydrogen (secondary N) is 2. The fourth-order valence-electron chi connectivity index (χ4n) is 2.26. The van der Waals surface area contributed by atoms with Gasteiger partial charge >= 0.3 is 0 Å². The van der Waals surface area contributed by atoms with Crippen LogP contribution in [-0.2, 0) is 16.1 Å². The first-order valence-corrected chi connectivity index (χ1v) is 8.23. The van der Waals surface area contributed by atoms with E-state index >= 15 is 0 Å². The molecule has 126 valence electrons. The van der Waals surface area contributed by atoms with Crippen molar-refractivity contribution in [3.63, 3.8) is 0 Å². The van der Waals surface area contributed by atoms with E-state index in [1.165, 1.54) is 10.9 Å². The van der Waals surface area contributed by atoms with Gasteiger partial charge in [0.2, 0.25) is 11.8 Å². The second kappa shape index (κ2) is 7.19. The third-order valence-corrected chi connectivity index (χ3v) is 4.32. The summed E-state index contributed by atoms with van der Waals surface area (Å²) in [4.78, 5) is 23.9. The Morgan fingerprint density at radius 1 is 1.25 bits per heavy atom. The molecule has 0 bridgehead atoms. The second-order valence-corrected chi connectivity index (χ2v) is 6.43. The van der Waals surface area contributed by atoms with E-state index in [4.69, 9.17) is 23.2 Å². The molecule has 1 fully saturated rings. The molecule has 0 spiro atoms. The van der Waals surface area contributed by atoms with Crippen molar-refractivity contribution in [1.82, 2.24) is 15.0 Å². The molecular weight excluding hydrogens is 353 g/mol. The Morgan fingerprint density at radius 3 is 2.71 bits per heavy atom. The highest BCUT2D eigenvalue weighted by Crippen LogP contribution is 2.27. The minimum Gasteiger partial charge on any atom is -0.323 e. The highest BCUT2D eigenvalue weighted by atomic mass is 35.5. The average Bonchev–Trinajstić information content (AvgIpc) is 2.87. The van der Waals surface area contributed by atoms with Crippen LogP contribution in [0.2, 0.25) is 10.0 Å². The van der Waals surface area contributed by atoms with Crippen molar-refractivity contribution < 1.29 is 9.59 Å². The van der Waals surface area contributed by atoms with Crippen LogP contribution in [-0.4, -0.2) is 26.8 Å². The molecule has 2 aromatic rings. The molecule has 1 saturated carbocycles. The molecule has 1 aromatic carbocycles. The van der Waals surface area contributed by atoms with Crippen LogP contribution < -0.4 is 10.6 Å². The summed E-state index contributed by atoms with van der Waals surface area (Å²) in [5.74, 6) is 0.0291. The summed E-state index contributed by atoms with van der Waals surface area (Å²) in [6, 6.07) is 4.79. The van der Waals surface area contributed by atoms with E-state index in [9.17, 15) is 9.59 Å². The van der Waals surface area contributed by atoms with Gasteiger partial charge < -0.3 is 10.6 Å². The van der Waals surface area contributed by atoms with Gasteiger partial charge in [0, 0.05) is 10.9 Å². The summed E-state index contributed by atoms with van der Waals surface area (Å²) < 4.78 is 1.34. The number of benzene rings is 1. The molecule has 9 heteroatoms. The fraction of sp³-hybridized carbons (Fsp3) is 0.333. The van der Waals surface area contributed by atoms with Crippen LogP contribution in [0.25, 0.3) is 0 Å². The zero-order chi connectivity index (χ0) is 17.1. The average molecular weight is 368 g/mol. The number of rotatable bonds is 5. The van der Waals surface area contributed by atoms with Crippen LogP contribution in [0.3, 0.4) is 0 Å². The van der Waals surface area contributed by atoms with Crippen molar-refractivity contribution >= 4 is 46.5 Å². The molecule has 7 nitrogen and oxygen atoms in total. The highest BCUT2D eigenvalue weighted by molar-refractivity contribution is 6.36. The number of amides is 2. The van der Waals surface area contributed by atoms with Crippen LogP contribution in [0.15, 0.2) is 24.4 Å². The number of anilines is 2. The van der Waals surface area contributed by atoms with Crippen molar-refractivity contribution in [2.24, 2.45) is 5.92 Å². The van der Waals surface area contributed by atoms with Gasteiger partial charge in [0.05, 0.1) is 16.9 Å². The number of hydrogen-bond acceptors (Lipinski definition) is 4. The third kappa shape index (κ3) is 4.04. The SMILES string of the molecule is O=C(Cn1cc(NC(=O)C2CCC2)nn1)Nc1ccc(Cl)cc1Cl. The molecule has 0 atom stereocenters. The molecule has 0 radical (unpaired) electrons. The Balaban J connectivity index is 1.55. The second-order valence-electron chi connectivity index (χ2n) is 5.59. The number of carbonyl (C=O) groups excluding carboxylic acids is 2. The van der Waals surface area contributed by atoms with E-state index in [0.717, 1.165) is 19.3 Å². The molecule has 0 unspecified atom stereocenters. The van der Waals surface area contributed by atoms with Gasteiger partial charge in [-0.1, -0.05) is 34.8 Å². The summed E-state index contributed by atoms with van der Waals surface area (Å²) in [6.45, 7) is -0.0503. The Morgan fingerprint density at radius 2 is 2.04 bits per heavy atom. The van der Waals surface area contributed by atoms with Gasteiger partial charge in [-0.2, -0.15) is 0 Å². The Labute approximate surface area is 148 Å². The molecule has 0 aliphatic heterocycles. The summed E-state index contributed by atoms with van der Waals surface area (Å²) >= 11 is 11.8. The number of halogens is 2. The van der Waals surface area contributed by atoms with Crippen LogP contribution in [0.4, 0.5) is 11.5 Å². The summed E-state index contributed by atoms with van der Waals surface area (Å²) in [6.07, 6.45) is 4.41. The topological polar surface area (TPSA) is 88.9 Å². The number of nitrogens with zero attached hydrogens (tertiary/aromatic N) is 3. The molecule has 1 aliphatic carbocycles. The molecule has 3 rings (SSSR count). The molecular formula is C15H15Cl2N5O2. The highest BCUT2D eigenvalue weighted by Gasteiger charge is 2.25. The van der Waals surface area contributed by atoms with E-state index in [-0.39, 0.29) is 24.3 Å². The van der Waals surface area contributed by atoms with Crippen molar-refractivity contribution in [3.8, 4) is 0 Å². The van der Waals surface area contributed by atoms with E-state index in [0.29, 0.717) is 21.6 Å². The maximum absolute atomic E-state index is 12.0. The fourth-order valence-corrected chi connectivity index (χ4v) is 2.72. The predicted molar refractivity (Wildman–Crippen MR) is 91.1 cm³/mol. The van der Waals surface area contributed by atoms with Crippen molar-refractivity contribution in [2.75, 3.05) is 10.6 Å². The molecule has 1 aromatic heterocycles. The first-order chi connectivity index (χ1) is 11.5. The first kappa shape index (κ1) is 16.7. The lowest BCUT2D eigenvalue weighted by Gasteiger charge is -2.23. The van der Waals surface area contributed by atoms with Crippen LogP contribution in [0.5, 0.6) is 0 Å². The summed E-state index contributed by atoms with van der Waals surface area (Å²) in [5.41, 5.74) is 0.463. The Bertz CT molecular complexity index is 773. The standard InChI is InChI=1S/C15H15Cl2N5O2/c16-10-4-5-12(11(17)6-10)18-14(23)8-22-7-13(20-21-22)19-15(24)9-2-1-3-9/h4-7,9H,1-3,8H2,(H,18,23)(H,19,24). The quantitative estimate of drug-likeness (QED) is 0.849. The first-order valence-electron chi connectivity index (χ1n) is 7.47. The van der Waals surface area contributed by atoms with E-state index < -0.39 is 0 Å². The van der Waals surface area contributed by atoms with Crippen LogP contribution in [0, 0.1) is 5.92 Å². The molecule has 2 N–H and O–H groups in total. The van der Waals surface area contributed by atoms with Gasteiger partial charge in [0.25, 0.3) is 0 Å². The van der Waals surface area contributed by atoms with Crippen LogP contribution >= 0.6 is 23.2 Å². The summed E-state index contributed by atoms with van der Waals surface area (Å²) in [5, 5.41) is 13.9. The van der Waals surface area contributed by atoms with E-state index in [1.807, 2.05) is 0 Å². The Kier molecular flexibility index (Phi) is 5.01. The number of hydrogen-bond donors (Lipinski definition) is 2. The van der Waals surface area contributed by atoms with Gasteiger partial charge in [0.1, 0.15) is 6.54 Å². The van der Waals surface area contributed by atoms with Crippen molar-refractivity contribution in [2.45, 2.75) is 25.8 Å². The van der Waals surface area contributed by atoms with Crippen LogP contribution in [0.1, 0.15) is 19.3 Å². The lowest BCUT2D eigenvalue weighted by Crippen LogP contribution is -2.28. The maximum atomic E-state index is 12.0. The van der Waals surface area contributed by atoms with E-state index in [1.54, 1.807) is 18.2 Å². The van der Waals surface area contributed by atoms with Gasteiger partial charge in [-0.15, -0.1) is 5.10 Å². The smallest absolute Gasteiger partial charge is 0.246 e. The van der Waals surface area contributed by atoms with E-state index in [2.05, 4.69) is 20.9 Å². The zero-order valence-corrected chi connectivity index (χ0v) is 14.1. The predicted octanol–water partition coefficient (Wildman–Crippen LogP) is 2.96. The molecule has 1 heterocycles. The monoisotopic (exact) mass is 367 g/mol.